The van der Waals surface area contributed by atoms with E-state index in [4.69, 9.17) is 11.6 Å². The number of allylic oxidation sites excluding steroid dienone is 2. The van der Waals surface area contributed by atoms with Crippen LogP contribution in [0.15, 0.2) is 48.2 Å². The minimum atomic E-state index is -0.179. The second-order valence-corrected chi connectivity index (χ2v) is 7.41. The van der Waals surface area contributed by atoms with Crippen molar-refractivity contribution in [2.45, 2.75) is 19.3 Å². The number of hydrogen-bond donors (Lipinski definition) is 0. The summed E-state index contributed by atoms with van der Waals surface area (Å²) in [4.78, 5) is 15.2. The first-order chi connectivity index (χ1) is 9.91. The summed E-state index contributed by atoms with van der Waals surface area (Å²) in [5, 5.41) is 0. The number of nitrogens with zero attached hydrogens (tertiary/aromatic N) is 1. The van der Waals surface area contributed by atoms with Crippen LogP contribution in [-0.4, -0.2) is 12.8 Å². The third-order valence-electron chi connectivity index (χ3n) is 4.02. The van der Waals surface area contributed by atoms with Gasteiger partial charge in [-0.05, 0) is 23.8 Å². The lowest BCUT2D eigenvalue weighted by Crippen LogP contribution is -2.24. The van der Waals surface area contributed by atoms with E-state index >= 15 is 0 Å². The summed E-state index contributed by atoms with van der Waals surface area (Å²) in [6.45, 7) is 4.30. The van der Waals surface area contributed by atoms with Crippen molar-refractivity contribution in [3.05, 3.63) is 62.9 Å². The van der Waals surface area contributed by atoms with Crippen LogP contribution >= 0.6 is 22.9 Å². The zero-order valence-corrected chi connectivity index (χ0v) is 13.8. The van der Waals surface area contributed by atoms with Crippen LogP contribution < -0.4 is 4.90 Å². The number of likely N-dealkylation sites (N-methyl/N-ethyl adjacent to an activating group) is 1. The van der Waals surface area contributed by atoms with Gasteiger partial charge in [-0.15, -0.1) is 11.3 Å². The molecule has 2 nitrogen and oxygen atoms in total. The van der Waals surface area contributed by atoms with E-state index in [1.54, 1.807) is 18.2 Å². The predicted octanol–water partition coefficient (Wildman–Crippen LogP) is 4.90. The number of halogens is 1. The monoisotopic (exact) mass is 317 g/mol. The van der Waals surface area contributed by atoms with Gasteiger partial charge >= 0.3 is 0 Å². The highest BCUT2D eigenvalue weighted by atomic mass is 35.5. The van der Waals surface area contributed by atoms with Gasteiger partial charge in [-0.1, -0.05) is 43.6 Å². The van der Waals surface area contributed by atoms with E-state index in [2.05, 4.69) is 30.9 Å². The molecule has 21 heavy (non-hydrogen) atoms. The molecule has 0 spiro atoms. The normalized spacial score (nSPS) is 18.1. The minimum absolute atomic E-state index is 0.00892. The van der Waals surface area contributed by atoms with Crippen LogP contribution in [0.5, 0.6) is 0 Å². The molecule has 0 N–H and O–H groups in total. The predicted molar refractivity (Wildman–Crippen MR) is 89.6 cm³/mol. The molecule has 0 fully saturated rings. The Hall–Kier alpha value is -1.58. The Balaban J connectivity index is 2.04. The van der Waals surface area contributed by atoms with Gasteiger partial charge in [0.2, 0.25) is 0 Å². The van der Waals surface area contributed by atoms with Gasteiger partial charge in [0.25, 0.3) is 0 Å². The number of benzene rings is 1. The second kappa shape index (κ2) is 5.00. The molecule has 0 aliphatic carbocycles. The first kappa shape index (κ1) is 14.4. The molecular weight excluding hydrogens is 302 g/mol. The van der Waals surface area contributed by atoms with Crippen molar-refractivity contribution in [3.8, 4) is 0 Å². The van der Waals surface area contributed by atoms with E-state index in [9.17, 15) is 4.79 Å². The molecule has 1 aromatic heterocycles. The molecule has 2 aromatic rings. The number of para-hydroxylation sites is 1. The number of thiophene rings is 1. The number of anilines is 1. The van der Waals surface area contributed by atoms with Gasteiger partial charge in [-0.25, -0.2) is 0 Å². The van der Waals surface area contributed by atoms with Gasteiger partial charge in [0, 0.05) is 29.9 Å². The summed E-state index contributed by atoms with van der Waals surface area (Å²) in [6, 6.07) is 11.8. The van der Waals surface area contributed by atoms with Crippen LogP contribution in [0.2, 0.25) is 4.34 Å². The van der Waals surface area contributed by atoms with Gasteiger partial charge in [-0.2, -0.15) is 0 Å². The van der Waals surface area contributed by atoms with Crippen LogP contribution in [0.3, 0.4) is 0 Å². The van der Waals surface area contributed by atoms with E-state index in [-0.39, 0.29) is 11.2 Å². The molecule has 0 unspecified atom stereocenters. The highest BCUT2D eigenvalue weighted by Crippen LogP contribution is 2.46. The average molecular weight is 318 g/mol. The van der Waals surface area contributed by atoms with Crippen molar-refractivity contribution in [2.24, 2.45) is 0 Å². The van der Waals surface area contributed by atoms with E-state index in [1.807, 2.05) is 19.2 Å². The second-order valence-electron chi connectivity index (χ2n) is 5.70. The Bertz CT molecular complexity index is 745. The van der Waals surface area contributed by atoms with Gasteiger partial charge in [0.1, 0.15) is 0 Å². The molecule has 0 saturated heterocycles. The van der Waals surface area contributed by atoms with E-state index in [1.165, 1.54) is 16.9 Å². The van der Waals surface area contributed by atoms with Crippen molar-refractivity contribution in [1.82, 2.24) is 0 Å². The van der Waals surface area contributed by atoms with E-state index in [0.29, 0.717) is 9.21 Å². The third kappa shape index (κ3) is 2.30. The standard InChI is InChI=1S/C17H16ClNOS/c1-17(2)11-6-4-5-7-12(11)19(3)15(17)10-13(20)14-8-9-16(18)21-14/h4-10H,1-3H3. The molecule has 1 aliphatic rings. The lowest BCUT2D eigenvalue weighted by atomic mass is 9.83. The summed E-state index contributed by atoms with van der Waals surface area (Å²) in [5.41, 5.74) is 3.24. The molecule has 1 aromatic carbocycles. The third-order valence-corrected chi connectivity index (χ3v) is 5.27. The summed E-state index contributed by atoms with van der Waals surface area (Å²) in [6.07, 6.45) is 1.74. The molecule has 0 atom stereocenters. The molecule has 2 heterocycles. The molecule has 4 heteroatoms. The lowest BCUT2D eigenvalue weighted by molar-refractivity contribution is 0.104. The van der Waals surface area contributed by atoms with Crippen LogP contribution in [0.1, 0.15) is 29.1 Å². The molecule has 1 aliphatic heterocycles. The first-order valence-corrected chi connectivity index (χ1v) is 7.96. The molecule has 0 radical (unpaired) electrons. The Labute approximate surface area is 133 Å². The molecule has 3 rings (SSSR count). The number of rotatable bonds is 2. The molecule has 108 valence electrons. The van der Waals surface area contributed by atoms with Crippen molar-refractivity contribution >= 4 is 34.4 Å². The molecule has 0 amide bonds. The van der Waals surface area contributed by atoms with Crippen molar-refractivity contribution < 1.29 is 4.79 Å². The Kier molecular flexibility index (Phi) is 3.42. The van der Waals surface area contributed by atoms with Crippen LogP contribution in [0.4, 0.5) is 5.69 Å². The zero-order chi connectivity index (χ0) is 15.2. The largest absolute Gasteiger partial charge is 0.347 e. The summed E-state index contributed by atoms with van der Waals surface area (Å²) in [7, 11) is 2.01. The molecular formula is C17H16ClNOS. The van der Waals surface area contributed by atoms with E-state index < -0.39 is 0 Å². The number of fused-ring (bicyclic) bond motifs is 1. The molecule has 0 bridgehead atoms. The fourth-order valence-electron chi connectivity index (χ4n) is 2.90. The molecule has 0 saturated carbocycles. The Morgan fingerprint density at radius 3 is 2.57 bits per heavy atom. The maximum Gasteiger partial charge on any atom is 0.197 e. The topological polar surface area (TPSA) is 20.3 Å². The Morgan fingerprint density at radius 1 is 1.24 bits per heavy atom. The van der Waals surface area contributed by atoms with Gasteiger partial charge in [-0.3, -0.25) is 4.79 Å². The van der Waals surface area contributed by atoms with Gasteiger partial charge in [0.05, 0.1) is 9.21 Å². The quantitative estimate of drug-likeness (QED) is 0.580. The maximum atomic E-state index is 12.4. The SMILES string of the molecule is CN1C(=CC(=O)c2ccc(Cl)s2)C(C)(C)c2ccccc21. The zero-order valence-electron chi connectivity index (χ0n) is 12.2. The fraction of sp³-hybridized carbons (Fsp3) is 0.235. The fourth-order valence-corrected chi connectivity index (χ4v) is 3.86. The van der Waals surface area contributed by atoms with Crippen LogP contribution in [-0.2, 0) is 5.41 Å². The number of ketones is 1. The van der Waals surface area contributed by atoms with Crippen molar-refractivity contribution in [1.29, 1.82) is 0 Å². The first-order valence-electron chi connectivity index (χ1n) is 6.76. The summed E-state index contributed by atoms with van der Waals surface area (Å²) < 4.78 is 0.638. The van der Waals surface area contributed by atoms with Crippen LogP contribution in [0.25, 0.3) is 0 Å². The summed E-state index contributed by atoms with van der Waals surface area (Å²) >= 11 is 7.23. The number of carbonyl (C=O) groups is 1. The van der Waals surface area contributed by atoms with E-state index in [0.717, 1.165) is 11.4 Å². The minimum Gasteiger partial charge on any atom is -0.347 e. The highest BCUT2D eigenvalue weighted by molar-refractivity contribution is 7.18. The van der Waals surface area contributed by atoms with Gasteiger partial charge < -0.3 is 4.90 Å². The van der Waals surface area contributed by atoms with Crippen molar-refractivity contribution in [2.75, 3.05) is 11.9 Å². The Morgan fingerprint density at radius 2 is 1.95 bits per heavy atom. The average Bonchev–Trinajstić information content (AvgIpc) is 2.96. The summed E-state index contributed by atoms with van der Waals surface area (Å²) in [5.74, 6) is 0.00892. The number of hydrogen-bond acceptors (Lipinski definition) is 3. The maximum absolute atomic E-state index is 12.4. The van der Waals surface area contributed by atoms with Crippen LogP contribution in [0, 0.1) is 0 Å². The lowest BCUT2D eigenvalue weighted by Gasteiger charge is -2.23. The van der Waals surface area contributed by atoms with Crippen molar-refractivity contribution in [3.63, 3.8) is 0 Å². The van der Waals surface area contributed by atoms with Gasteiger partial charge in [0.15, 0.2) is 5.78 Å². The number of carbonyl (C=O) groups excluding carboxylic acids is 1. The smallest absolute Gasteiger partial charge is 0.197 e. The highest BCUT2D eigenvalue weighted by Gasteiger charge is 2.38.